The van der Waals surface area contributed by atoms with Crippen LogP contribution < -0.4 is 5.32 Å². The Hall–Kier alpha value is -0.990. The van der Waals surface area contributed by atoms with Crippen molar-refractivity contribution in [2.75, 3.05) is 5.75 Å². The maximum Gasteiger partial charge on any atom is 0.264 e. The van der Waals surface area contributed by atoms with Crippen LogP contribution in [0.15, 0.2) is 0 Å². The summed E-state index contributed by atoms with van der Waals surface area (Å²) >= 11 is 0. The summed E-state index contributed by atoms with van der Waals surface area (Å²) in [5, 5.41) is 10.5. The average molecular weight is 239 g/mol. The van der Waals surface area contributed by atoms with Crippen LogP contribution in [0, 0.1) is 0 Å². The molecule has 1 rings (SSSR count). The summed E-state index contributed by atoms with van der Waals surface area (Å²) in [6.45, 7) is 1.69. The predicted molar refractivity (Wildman–Crippen MR) is 50.5 cm³/mol. The number of rotatable bonds is 2. The predicted octanol–water partition coefficient (Wildman–Crippen LogP) is -1.32. The number of aliphatic hydroxyl groups excluding tert-OH is 1. The van der Waals surface area contributed by atoms with E-state index in [2.05, 4.69) is 0 Å². The van der Waals surface area contributed by atoms with Crippen molar-refractivity contribution in [2.45, 2.75) is 25.9 Å². The van der Waals surface area contributed by atoms with Crippen molar-refractivity contribution in [3.05, 3.63) is 0 Å². The first-order valence-corrected chi connectivity index (χ1v) is 5.84. The molecule has 2 amide bonds. The molecule has 1 aliphatic rings. The van der Waals surface area contributed by atoms with E-state index in [1.165, 1.54) is 0 Å². The van der Waals surface area contributed by atoms with Gasteiger partial charge in [0, 0.05) is 0 Å². The highest BCUT2D eigenvalue weighted by Crippen LogP contribution is 1.98. The van der Waals surface area contributed by atoms with Crippen molar-refractivity contribution in [3.8, 4) is 0 Å². The SMILES string of the molecule is CCCS(=O)(=O)O.O=C1CC(O)C(=O)N1. The standard InChI is InChI=1S/C4H5NO3.C3H8O3S/c6-2-1-3(7)5-4(2)8;1-2-3-7(4,5)6/h2,6H,1H2,(H,5,7,8);2-3H2,1H3,(H,4,5,6). The van der Waals surface area contributed by atoms with Crippen LogP contribution in [0.3, 0.4) is 0 Å². The van der Waals surface area contributed by atoms with Crippen molar-refractivity contribution < 1.29 is 27.7 Å². The van der Waals surface area contributed by atoms with Crippen LogP contribution in [0.5, 0.6) is 0 Å². The number of hydrogen-bond acceptors (Lipinski definition) is 5. The Morgan fingerprint density at radius 2 is 2.00 bits per heavy atom. The van der Waals surface area contributed by atoms with Gasteiger partial charge in [-0.05, 0) is 6.42 Å². The van der Waals surface area contributed by atoms with Gasteiger partial charge in [-0.3, -0.25) is 19.5 Å². The monoisotopic (exact) mass is 239 g/mol. The highest BCUT2D eigenvalue weighted by molar-refractivity contribution is 7.85. The molecule has 0 bridgehead atoms. The zero-order valence-electron chi connectivity index (χ0n) is 8.13. The fraction of sp³-hybridized carbons (Fsp3) is 0.714. The second kappa shape index (κ2) is 5.79. The summed E-state index contributed by atoms with van der Waals surface area (Å²) in [6.07, 6.45) is -0.722. The molecule has 8 heteroatoms. The summed E-state index contributed by atoms with van der Waals surface area (Å²) in [5.41, 5.74) is 0. The number of carbonyl (C=O) groups is 2. The number of nitrogens with one attached hydrogen (secondary N) is 1. The minimum Gasteiger partial charge on any atom is -0.383 e. The van der Waals surface area contributed by atoms with E-state index >= 15 is 0 Å². The van der Waals surface area contributed by atoms with E-state index in [1.54, 1.807) is 6.92 Å². The smallest absolute Gasteiger partial charge is 0.264 e. The largest absolute Gasteiger partial charge is 0.383 e. The van der Waals surface area contributed by atoms with E-state index in [4.69, 9.17) is 9.66 Å². The number of aliphatic hydroxyl groups is 1. The van der Waals surface area contributed by atoms with Gasteiger partial charge in [-0.15, -0.1) is 0 Å². The summed E-state index contributed by atoms with van der Waals surface area (Å²) in [6, 6.07) is 0. The molecule has 3 N–H and O–H groups in total. The lowest BCUT2D eigenvalue weighted by Gasteiger charge is -1.88. The molecule has 0 spiro atoms. The van der Waals surface area contributed by atoms with Gasteiger partial charge in [0.05, 0.1) is 12.2 Å². The van der Waals surface area contributed by atoms with E-state index in [1.807, 2.05) is 5.32 Å². The first kappa shape index (κ1) is 14.0. The van der Waals surface area contributed by atoms with Gasteiger partial charge in [-0.1, -0.05) is 6.92 Å². The fourth-order valence-electron chi connectivity index (χ4n) is 0.798. The highest BCUT2D eigenvalue weighted by Gasteiger charge is 2.27. The van der Waals surface area contributed by atoms with Crippen LogP contribution in [0.4, 0.5) is 0 Å². The normalized spacial score (nSPS) is 20.6. The lowest BCUT2D eigenvalue weighted by molar-refractivity contribution is -0.127. The zero-order chi connectivity index (χ0) is 12.1. The molecule has 0 aromatic rings. The molecule has 0 aromatic carbocycles. The zero-order valence-corrected chi connectivity index (χ0v) is 8.95. The molecule has 1 heterocycles. The third-order valence-electron chi connectivity index (χ3n) is 1.41. The number of imide groups is 1. The summed E-state index contributed by atoms with van der Waals surface area (Å²) in [4.78, 5) is 20.4. The Morgan fingerprint density at radius 1 is 1.47 bits per heavy atom. The Bertz CT molecular complexity index is 335. The molecule has 0 aromatic heterocycles. The molecular weight excluding hydrogens is 226 g/mol. The van der Waals surface area contributed by atoms with Crippen molar-refractivity contribution >= 4 is 21.9 Å². The second-order valence-electron chi connectivity index (χ2n) is 2.92. The van der Waals surface area contributed by atoms with Crippen LogP contribution in [0.25, 0.3) is 0 Å². The minimum atomic E-state index is -3.67. The van der Waals surface area contributed by atoms with E-state index in [-0.39, 0.29) is 12.2 Å². The Labute approximate surface area is 87.2 Å². The van der Waals surface area contributed by atoms with Gasteiger partial charge in [0.15, 0.2) is 0 Å². The Morgan fingerprint density at radius 3 is 2.07 bits per heavy atom. The van der Waals surface area contributed by atoms with Gasteiger partial charge >= 0.3 is 0 Å². The number of hydrogen-bond donors (Lipinski definition) is 3. The highest BCUT2D eigenvalue weighted by atomic mass is 32.2. The Kier molecular flexibility index (Phi) is 5.40. The molecule has 0 aliphatic carbocycles. The third-order valence-corrected chi connectivity index (χ3v) is 2.33. The van der Waals surface area contributed by atoms with Crippen molar-refractivity contribution in [1.29, 1.82) is 0 Å². The van der Waals surface area contributed by atoms with Gasteiger partial charge in [0.25, 0.3) is 16.0 Å². The molecule has 1 atom stereocenters. The molecular formula is C7H13NO6S. The van der Waals surface area contributed by atoms with Crippen LogP contribution in [-0.2, 0) is 19.7 Å². The van der Waals surface area contributed by atoms with E-state index in [9.17, 15) is 18.0 Å². The van der Waals surface area contributed by atoms with Gasteiger partial charge < -0.3 is 5.11 Å². The van der Waals surface area contributed by atoms with Crippen LogP contribution in [-0.4, -0.2) is 41.7 Å². The van der Waals surface area contributed by atoms with Gasteiger partial charge in [-0.2, -0.15) is 8.42 Å². The van der Waals surface area contributed by atoms with Gasteiger partial charge in [0.1, 0.15) is 6.10 Å². The summed E-state index contributed by atoms with van der Waals surface area (Å²) in [7, 11) is -3.67. The van der Waals surface area contributed by atoms with Gasteiger partial charge in [-0.25, -0.2) is 0 Å². The van der Waals surface area contributed by atoms with E-state index < -0.39 is 28.0 Å². The maximum atomic E-state index is 10.2. The molecule has 15 heavy (non-hydrogen) atoms. The van der Waals surface area contributed by atoms with Gasteiger partial charge in [0.2, 0.25) is 5.91 Å². The lowest BCUT2D eigenvalue weighted by atomic mass is 10.3. The second-order valence-corrected chi connectivity index (χ2v) is 4.49. The topological polar surface area (TPSA) is 121 Å². The molecule has 0 saturated carbocycles. The molecule has 88 valence electrons. The van der Waals surface area contributed by atoms with Crippen LogP contribution in [0.2, 0.25) is 0 Å². The average Bonchev–Trinajstić information content (AvgIpc) is 2.27. The van der Waals surface area contributed by atoms with E-state index in [0.717, 1.165) is 0 Å². The first-order chi connectivity index (χ1) is 6.76. The molecule has 0 radical (unpaired) electrons. The molecule has 1 unspecified atom stereocenters. The lowest BCUT2D eigenvalue weighted by Crippen LogP contribution is -2.24. The summed E-state index contributed by atoms with van der Waals surface area (Å²) < 4.78 is 27.6. The molecule has 1 saturated heterocycles. The number of carbonyl (C=O) groups excluding carboxylic acids is 2. The third kappa shape index (κ3) is 7.00. The summed E-state index contributed by atoms with van der Waals surface area (Å²) in [5.74, 6) is -1.12. The van der Waals surface area contributed by atoms with E-state index in [0.29, 0.717) is 6.42 Å². The minimum absolute atomic E-state index is 0.0845. The van der Waals surface area contributed by atoms with Crippen LogP contribution in [0.1, 0.15) is 19.8 Å². The molecule has 1 fully saturated rings. The fourth-order valence-corrected chi connectivity index (χ4v) is 1.31. The van der Waals surface area contributed by atoms with Crippen LogP contribution >= 0.6 is 0 Å². The quantitative estimate of drug-likeness (QED) is 0.406. The first-order valence-electron chi connectivity index (χ1n) is 4.23. The van der Waals surface area contributed by atoms with Crippen molar-refractivity contribution in [3.63, 3.8) is 0 Å². The molecule has 1 aliphatic heterocycles. The Balaban J connectivity index is 0.000000265. The number of amides is 2. The van der Waals surface area contributed by atoms with Crippen molar-refractivity contribution in [2.24, 2.45) is 0 Å². The maximum absolute atomic E-state index is 10.2. The molecule has 7 nitrogen and oxygen atoms in total. The van der Waals surface area contributed by atoms with Crippen molar-refractivity contribution in [1.82, 2.24) is 5.32 Å².